The van der Waals surface area contributed by atoms with E-state index in [1.54, 1.807) is 36.4 Å². The highest BCUT2D eigenvalue weighted by molar-refractivity contribution is 6.31. The molecule has 1 aliphatic heterocycles. The number of methoxy groups -OCH3 is 1. The lowest BCUT2D eigenvalue weighted by Crippen LogP contribution is -2.50. The van der Waals surface area contributed by atoms with Gasteiger partial charge in [0.1, 0.15) is 11.7 Å². The number of anilines is 1. The zero-order valence-electron chi connectivity index (χ0n) is 15.5. The highest BCUT2D eigenvalue weighted by Gasteiger charge is 2.38. The predicted octanol–water partition coefficient (Wildman–Crippen LogP) is 3.22. The molecule has 0 bridgehead atoms. The molecule has 148 valence electrons. The fourth-order valence-electron chi connectivity index (χ4n) is 3.61. The Hall–Kier alpha value is -3.32. The van der Waals surface area contributed by atoms with Crippen molar-refractivity contribution in [3.8, 4) is 0 Å². The molecule has 0 saturated heterocycles. The molecule has 2 aromatic carbocycles. The number of amides is 2. The number of esters is 1. The van der Waals surface area contributed by atoms with Crippen molar-refractivity contribution in [1.82, 2.24) is 10.3 Å². The van der Waals surface area contributed by atoms with Crippen molar-refractivity contribution >= 4 is 46.0 Å². The lowest BCUT2D eigenvalue weighted by molar-refractivity contribution is -0.141. The van der Waals surface area contributed by atoms with Crippen LogP contribution in [-0.2, 0) is 14.3 Å². The topological polar surface area (TPSA) is 100 Å². The number of halogens is 1. The number of rotatable bonds is 4. The lowest BCUT2D eigenvalue weighted by Gasteiger charge is -2.32. The number of carbonyl (C=O) groups excluding carboxylic acids is 3. The Kier molecular flexibility index (Phi) is 4.98. The summed E-state index contributed by atoms with van der Waals surface area (Å²) in [5, 5.41) is 6.89. The van der Waals surface area contributed by atoms with Gasteiger partial charge in [0.05, 0.1) is 13.5 Å². The summed E-state index contributed by atoms with van der Waals surface area (Å²) in [4.78, 5) is 40.6. The van der Waals surface area contributed by atoms with Crippen molar-refractivity contribution in [2.45, 2.75) is 18.4 Å². The van der Waals surface area contributed by atoms with Gasteiger partial charge in [0.15, 0.2) is 0 Å². The van der Waals surface area contributed by atoms with Crippen molar-refractivity contribution < 1.29 is 19.1 Å². The van der Waals surface area contributed by atoms with Gasteiger partial charge >= 0.3 is 5.97 Å². The fourth-order valence-corrected chi connectivity index (χ4v) is 3.79. The van der Waals surface area contributed by atoms with Crippen LogP contribution in [0.5, 0.6) is 0 Å². The standard InChI is InChI=1S/C21H18ClN3O4/c1-29-18(26)10-14-13-4-2-3-5-16(13)24-21(28)19(14)25-20(27)17-9-11-8-12(22)6-7-15(11)23-17/h2-9,14,19,23H,10H2,1H3,(H,24,28)(H,25,27)/t14-,19-/m1/s1. The van der Waals surface area contributed by atoms with Crippen LogP contribution in [0.15, 0.2) is 48.5 Å². The molecule has 29 heavy (non-hydrogen) atoms. The number of benzene rings is 2. The fraction of sp³-hybridized carbons (Fsp3) is 0.190. The number of aromatic nitrogens is 1. The van der Waals surface area contributed by atoms with Crippen LogP contribution in [-0.4, -0.2) is 35.9 Å². The molecule has 3 N–H and O–H groups in total. The van der Waals surface area contributed by atoms with Gasteiger partial charge in [-0.15, -0.1) is 0 Å². The van der Waals surface area contributed by atoms with E-state index in [1.807, 2.05) is 12.1 Å². The summed E-state index contributed by atoms with van der Waals surface area (Å²) >= 11 is 6.00. The Morgan fingerprint density at radius 2 is 1.97 bits per heavy atom. The molecule has 4 rings (SSSR count). The van der Waals surface area contributed by atoms with Gasteiger partial charge in [-0.2, -0.15) is 0 Å². The van der Waals surface area contributed by atoms with Gasteiger partial charge in [0, 0.05) is 27.5 Å². The molecule has 7 nitrogen and oxygen atoms in total. The molecule has 0 saturated carbocycles. The number of ether oxygens (including phenoxy) is 1. The smallest absolute Gasteiger partial charge is 0.306 e. The number of aromatic amines is 1. The van der Waals surface area contributed by atoms with Crippen LogP contribution < -0.4 is 10.6 Å². The first-order valence-corrected chi connectivity index (χ1v) is 9.40. The third-order valence-electron chi connectivity index (χ3n) is 5.03. The van der Waals surface area contributed by atoms with Gasteiger partial charge in [0.2, 0.25) is 5.91 Å². The first-order chi connectivity index (χ1) is 14.0. The van der Waals surface area contributed by atoms with Crippen molar-refractivity contribution in [2.75, 3.05) is 12.4 Å². The molecule has 2 atom stereocenters. The van der Waals surface area contributed by atoms with Gasteiger partial charge in [-0.25, -0.2) is 0 Å². The highest BCUT2D eigenvalue weighted by Crippen LogP contribution is 2.35. The minimum Gasteiger partial charge on any atom is -0.469 e. The van der Waals surface area contributed by atoms with E-state index in [9.17, 15) is 14.4 Å². The van der Waals surface area contributed by atoms with Gasteiger partial charge in [-0.1, -0.05) is 29.8 Å². The maximum Gasteiger partial charge on any atom is 0.306 e. The van der Waals surface area contributed by atoms with E-state index in [1.165, 1.54) is 7.11 Å². The Morgan fingerprint density at radius 1 is 1.17 bits per heavy atom. The number of carbonyl (C=O) groups is 3. The van der Waals surface area contributed by atoms with E-state index in [0.29, 0.717) is 16.4 Å². The summed E-state index contributed by atoms with van der Waals surface area (Å²) in [5.74, 6) is -1.84. The van der Waals surface area contributed by atoms with Crippen molar-refractivity contribution in [1.29, 1.82) is 0 Å². The molecule has 1 aromatic heterocycles. The summed E-state index contributed by atoms with van der Waals surface area (Å²) in [5.41, 5.74) is 2.44. The predicted molar refractivity (Wildman–Crippen MR) is 109 cm³/mol. The van der Waals surface area contributed by atoms with Crippen molar-refractivity contribution in [3.63, 3.8) is 0 Å². The zero-order chi connectivity index (χ0) is 20.5. The van der Waals surface area contributed by atoms with Crippen LogP contribution in [0.2, 0.25) is 5.02 Å². The second-order valence-corrected chi connectivity index (χ2v) is 7.27. The average Bonchev–Trinajstić information content (AvgIpc) is 3.13. The Balaban J connectivity index is 1.64. The van der Waals surface area contributed by atoms with E-state index < -0.39 is 23.8 Å². The summed E-state index contributed by atoms with van der Waals surface area (Å²) in [6.07, 6.45) is -0.0335. The quantitative estimate of drug-likeness (QED) is 0.574. The van der Waals surface area contributed by atoms with Gasteiger partial charge in [-0.3, -0.25) is 14.4 Å². The summed E-state index contributed by atoms with van der Waals surface area (Å²) in [7, 11) is 1.29. The molecule has 0 fully saturated rings. The normalized spacial score (nSPS) is 18.1. The second-order valence-electron chi connectivity index (χ2n) is 6.83. The van der Waals surface area contributed by atoms with Crippen molar-refractivity contribution in [2.24, 2.45) is 0 Å². The number of hydrogen-bond acceptors (Lipinski definition) is 4. The van der Waals surface area contributed by atoms with E-state index >= 15 is 0 Å². The summed E-state index contributed by atoms with van der Waals surface area (Å²) in [6, 6.07) is 13.2. The van der Waals surface area contributed by atoms with Crippen LogP contribution in [0.3, 0.4) is 0 Å². The monoisotopic (exact) mass is 411 g/mol. The Bertz CT molecular complexity index is 1120. The van der Waals surface area contributed by atoms with Crippen LogP contribution in [0, 0.1) is 0 Å². The molecule has 2 amide bonds. The zero-order valence-corrected chi connectivity index (χ0v) is 16.2. The van der Waals surface area contributed by atoms with Gasteiger partial charge in [-0.05, 0) is 35.9 Å². The number of H-pyrrole nitrogens is 1. The Labute approximate surface area is 171 Å². The van der Waals surface area contributed by atoms with Gasteiger partial charge in [0.25, 0.3) is 5.91 Å². The van der Waals surface area contributed by atoms with Crippen molar-refractivity contribution in [3.05, 3.63) is 64.8 Å². The minimum absolute atomic E-state index is 0.0335. The molecule has 0 spiro atoms. The molecule has 0 aliphatic carbocycles. The molecule has 2 heterocycles. The molecule has 3 aromatic rings. The molecule has 0 unspecified atom stereocenters. The van der Waals surface area contributed by atoms with Crippen LogP contribution in [0.1, 0.15) is 28.4 Å². The van der Waals surface area contributed by atoms with Crippen LogP contribution >= 0.6 is 11.6 Å². The molecule has 0 radical (unpaired) electrons. The Morgan fingerprint density at radius 3 is 2.76 bits per heavy atom. The van der Waals surface area contributed by atoms with Crippen LogP contribution in [0.25, 0.3) is 10.9 Å². The number of para-hydroxylation sites is 1. The summed E-state index contributed by atoms with van der Waals surface area (Å²) < 4.78 is 4.79. The molecular formula is C21H18ClN3O4. The number of fused-ring (bicyclic) bond motifs is 2. The number of nitrogens with one attached hydrogen (secondary N) is 3. The SMILES string of the molecule is COC(=O)C[C@@H]1c2ccccc2NC(=O)[C@@H]1NC(=O)c1cc2cc(Cl)ccc2[nH]1. The molecule has 8 heteroatoms. The molecule has 1 aliphatic rings. The van der Waals surface area contributed by atoms with E-state index in [0.717, 1.165) is 16.5 Å². The third-order valence-corrected chi connectivity index (χ3v) is 5.27. The van der Waals surface area contributed by atoms with E-state index in [2.05, 4.69) is 15.6 Å². The number of hydrogen-bond donors (Lipinski definition) is 3. The largest absolute Gasteiger partial charge is 0.469 e. The first kappa shape index (κ1) is 19.0. The minimum atomic E-state index is -0.925. The van der Waals surface area contributed by atoms with Gasteiger partial charge < -0.3 is 20.4 Å². The maximum atomic E-state index is 12.9. The van der Waals surface area contributed by atoms with Crippen LogP contribution in [0.4, 0.5) is 5.69 Å². The van der Waals surface area contributed by atoms with E-state index in [-0.39, 0.29) is 12.3 Å². The average molecular weight is 412 g/mol. The molecular weight excluding hydrogens is 394 g/mol. The second kappa shape index (κ2) is 7.60. The highest BCUT2D eigenvalue weighted by atomic mass is 35.5. The summed E-state index contributed by atoms with van der Waals surface area (Å²) in [6.45, 7) is 0. The van der Waals surface area contributed by atoms with E-state index in [4.69, 9.17) is 16.3 Å². The maximum absolute atomic E-state index is 12.9. The third kappa shape index (κ3) is 3.69. The lowest BCUT2D eigenvalue weighted by atomic mass is 9.84. The first-order valence-electron chi connectivity index (χ1n) is 9.02.